The van der Waals surface area contributed by atoms with Gasteiger partial charge in [0.1, 0.15) is 0 Å². The van der Waals surface area contributed by atoms with Crippen molar-refractivity contribution in [3.8, 4) is 11.1 Å². The zero-order valence-corrected chi connectivity index (χ0v) is 9.69. The van der Waals surface area contributed by atoms with E-state index >= 15 is 0 Å². The van der Waals surface area contributed by atoms with Crippen molar-refractivity contribution in [1.29, 1.82) is 0 Å². The number of H-pyrrole nitrogens is 1. The molecule has 1 aliphatic carbocycles. The molecule has 1 N–H and O–H groups in total. The molecule has 0 fully saturated rings. The smallest absolute Gasteiger partial charge is 0.337 e. The molecule has 18 heavy (non-hydrogen) atoms. The van der Waals surface area contributed by atoms with Crippen LogP contribution < -0.4 is 5.56 Å². The molecule has 5 heteroatoms. The lowest BCUT2D eigenvalue weighted by Gasteiger charge is -2.02. The van der Waals surface area contributed by atoms with E-state index in [0.717, 1.165) is 16.8 Å². The van der Waals surface area contributed by atoms with Crippen LogP contribution in [0.4, 0.5) is 0 Å². The van der Waals surface area contributed by atoms with Crippen molar-refractivity contribution >= 4 is 5.97 Å². The minimum absolute atomic E-state index is 0.149. The zero-order valence-electron chi connectivity index (χ0n) is 9.69. The summed E-state index contributed by atoms with van der Waals surface area (Å²) in [6.45, 7) is 0. The highest BCUT2D eigenvalue weighted by Gasteiger charge is 2.23. The SMILES string of the molecule is COC(=O)c1ccc2c(c1)Cc1nc[nH]c(=O)c1-2. The van der Waals surface area contributed by atoms with Gasteiger partial charge in [0.15, 0.2) is 0 Å². The number of hydrogen-bond acceptors (Lipinski definition) is 4. The van der Waals surface area contributed by atoms with Gasteiger partial charge in [-0.1, -0.05) is 6.07 Å². The lowest BCUT2D eigenvalue weighted by Crippen LogP contribution is -2.09. The summed E-state index contributed by atoms with van der Waals surface area (Å²) in [6.07, 6.45) is 1.97. The van der Waals surface area contributed by atoms with Crippen LogP contribution in [-0.2, 0) is 11.2 Å². The average Bonchev–Trinajstić information content (AvgIpc) is 2.76. The third-order valence-electron chi connectivity index (χ3n) is 3.09. The normalized spacial score (nSPS) is 11.8. The molecule has 5 nitrogen and oxygen atoms in total. The molecule has 0 radical (unpaired) electrons. The lowest BCUT2D eigenvalue weighted by atomic mass is 10.0. The lowest BCUT2D eigenvalue weighted by molar-refractivity contribution is 0.0600. The van der Waals surface area contributed by atoms with E-state index in [1.807, 2.05) is 0 Å². The second-order valence-corrected chi connectivity index (χ2v) is 4.09. The van der Waals surface area contributed by atoms with Crippen molar-refractivity contribution in [2.24, 2.45) is 0 Å². The van der Waals surface area contributed by atoms with Gasteiger partial charge in [-0.3, -0.25) is 4.79 Å². The maximum Gasteiger partial charge on any atom is 0.337 e. The second kappa shape index (κ2) is 3.80. The maximum atomic E-state index is 11.8. The zero-order chi connectivity index (χ0) is 12.7. The van der Waals surface area contributed by atoms with Crippen molar-refractivity contribution in [2.75, 3.05) is 7.11 Å². The van der Waals surface area contributed by atoms with Gasteiger partial charge in [-0.15, -0.1) is 0 Å². The molecule has 90 valence electrons. The number of carbonyl (C=O) groups is 1. The molecule has 2 aromatic rings. The standard InChI is InChI=1S/C13H10N2O3/c1-18-13(17)7-2-3-9-8(4-7)5-10-11(9)12(16)15-6-14-10/h2-4,6H,5H2,1H3,(H,14,15,16). The summed E-state index contributed by atoms with van der Waals surface area (Å²) in [5.74, 6) is -0.379. The Morgan fingerprint density at radius 2 is 2.28 bits per heavy atom. The summed E-state index contributed by atoms with van der Waals surface area (Å²) < 4.78 is 4.67. The van der Waals surface area contributed by atoms with Crippen molar-refractivity contribution < 1.29 is 9.53 Å². The van der Waals surface area contributed by atoms with Crippen LogP contribution in [0.5, 0.6) is 0 Å². The molecule has 0 bridgehead atoms. The molecule has 1 heterocycles. The highest BCUT2D eigenvalue weighted by molar-refractivity contribution is 5.91. The molecular formula is C13H10N2O3. The molecule has 0 saturated carbocycles. The quantitative estimate of drug-likeness (QED) is 0.649. The fourth-order valence-corrected chi connectivity index (χ4v) is 2.26. The summed E-state index contributed by atoms with van der Waals surface area (Å²) in [5, 5.41) is 0. The van der Waals surface area contributed by atoms with Gasteiger partial charge in [-0.05, 0) is 23.3 Å². The van der Waals surface area contributed by atoms with Crippen LogP contribution in [0.3, 0.4) is 0 Å². The number of rotatable bonds is 1. The second-order valence-electron chi connectivity index (χ2n) is 4.09. The Labute approximate surface area is 102 Å². The summed E-state index contributed by atoms with van der Waals surface area (Å²) in [6, 6.07) is 5.18. The number of nitrogens with one attached hydrogen (secondary N) is 1. The number of carbonyl (C=O) groups excluding carboxylic acids is 1. The number of methoxy groups -OCH3 is 1. The van der Waals surface area contributed by atoms with Crippen LogP contribution in [-0.4, -0.2) is 23.0 Å². The molecule has 0 unspecified atom stereocenters. The van der Waals surface area contributed by atoms with E-state index in [2.05, 4.69) is 14.7 Å². The molecule has 0 saturated heterocycles. The van der Waals surface area contributed by atoms with Crippen LogP contribution in [0.25, 0.3) is 11.1 Å². The first-order valence-electron chi connectivity index (χ1n) is 5.49. The van der Waals surface area contributed by atoms with Crippen LogP contribution in [0.2, 0.25) is 0 Å². The Bertz CT molecular complexity index is 704. The molecule has 0 atom stereocenters. The van der Waals surface area contributed by atoms with E-state index in [9.17, 15) is 9.59 Å². The van der Waals surface area contributed by atoms with Gasteiger partial charge in [-0.2, -0.15) is 0 Å². The predicted octanol–water partition coefficient (Wildman–Crippen LogP) is 1.13. The van der Waals surface area contributed by atoms with E-state index in [-0.39, 0.29) is 11.5 Å². The van der Waals surface area contributed by atoms with E-state index in [1.54, 1.807) is 18.2 Å². The number of esters is 1. The minimum Gasteiger partial charge on any atom is -0.465 e. The highest BCUT2D eigenvalue weighted by Crippen LogP contribution is 2.33. The Kier molecular flexibility index (Phi) is 2.26. The predicted molar refractivity (Wildman–Crippen MR) is 64.4 cm³/mol. The van der Waals surface area contributed by atoms with Gasteiger partial charge >= 0.3 is 5.97 Å². The summed E-state index contributed by atoms with van der Waals surface area (Å²) in [5.41, 5.74) is 3.45. The van der Waals surface area contributed by atoms with Crippen LogP contribution in [0, 0.1) is 0 Å². The molecule has 1 aromatic carbocycles. The topological polar surface area (TPSA) is 72.0 Å². The molecular weight excluding hydrogens is 232 g/mol. The van der Waals surface area contributed by atoms with Crippen LogP contribution >= 0.6 is 0 Å². The van der Waals surface area contributed by atoms with Crippen LogP contribution in [0.1, 0.15) is 21.6 Å². The molecule has 0 amide bonds. The summed E-state index contributed by atoms with van der Waals surface area (Å²) in [7, 11) is 1.34. The Balaban J connectivity index is 2.17. The monoisotopic (exact) mass is 242 g/mol. The van der Waals surface area contributed by atoms with Gasteiger partial charge in [0.25, 0.3) is 5.56 Å². The Morgan fingerprint density at radius 1 is 1.44 bits per heavy atom. The number of benzene rings is 1. The van der Waals surface area contributed by atoms with E-state index in [0.29, 0.717) is 17.5 Å². The third kappa shape index (κ3) is 1.44. The molecule has 0 aliphatic heterocycles. The fourth-order valence-electron chi connectivity index (χ4n) is 2.26. The molecule has 0 spiro atoms. The number of fused-ring (bicyclic) bond motifs is 3. The van der Waals surface area contributed by atoms with Gasteiger partial charge in [-0.25, -0.2) is 9.78 Å². The van der Waals surface area contributed by atoms with E-state index in [1.165, 1.54) is 13.4 Å². The summed E-state index contributed by atoms with van der Waals surface area (Å²) >= 11 is 0. The van der Waals surface area contributed by atoms with Crippen molar-refractivity contribution in [2.45, 2.75) is 6.42 Å². The number of aromatic nitrogens is 2. The number of nitrogens with zero attached hydrogens (tertiary/aromatic N) is 1. The van der Waals surface area contributed by atoms with Gasteiger partial charge < -0.3 is 9.72 Å². The average molecular weight is 242 g/mol. The van der Waals surface area contributed by atoms with Gasteiger partial charge in [0.2, 0.25) is 0 Å². The molecule has 1 aromatic heterocycles. The number of aromatic amines is 1. The number of hydrogen-bond donors (Lipinski definition) is 1. The Hall–Kier alpha value is -2.43. The first-order chi connectivity index (χ1) is 8.70. The third-order valence-corrected chi connectivity index (χ3v) is 3.09. The van der Waals surface area contributed by atoms with Crippen molar-refractivity contribution in [1.82, 2.24) is 9.97 Å². The minimum atomic E-state index is -0.379. The first-order valence-corrected chi connectivity index (χ1v) is 5.49. The van der Waals surface area contributed by atoms with Gasteiger partial charge in [0, 0.05) is 6.42 Å². The van der Waals surface area contributed by atoms with Crippen molar-refractivity contribution in [3.05, 3.63) is 51.7 Å². The fraction of sp³-hybridized carbons (Fsp3) is 0.154. The highest BCUT2D eigenvalue weighted by atomic mass is 16.5. The van der Waals surface area contributed by atoms with Crippen molar-refractivity contribution in [3.63, 3.8) is 0 Å². The van der Waals surface area contributed by atoms with Gasteiger partial charge in [0.05, 0.1) is 30.3 Å². The summed E-state index contributed by atoms with van der Waals surface area (Å²) in [4.78, 5) is 29.9. The Morgan fingerprint density at radius 3 is 3.06 bits per heavy atom. The van der Waals surface area contributed by atoms with Crippen LogP contribution in [0.15, 0.2) is 29.3 Å². The molecule has 3 rings (SSSR count). The first kappa shape index (κ1) is 10.7. The molecule has 1 aliphatic rings. The maximum absolute atomic E-state index is 11.8. The van der Waals surface area contributed by atoms with E-state index < -0.39 is 0 Å². The van der Waals surface area contributed by atoms with E-state index in [4.69, 9.17) is 0 Å². The largest absolute Gasteiger partial charge is 0.465 e. The number of ether oxygens (including phenoxy) is 1.